The summed E-state index contributed by atoms with van der Waals surface area (Å²) in [5.41, 5.74) is 0.726. The van der Waals surface area contributed by atoms with Crippen molar-refractivity contribution in [2.75, 3.05) is 37.6 Å². The third-order valence-corrected chi connectivity index (χ3v) is 9.65. The van der Waals surface area contributed by atoms with Gasteiger partial charge in [0.05, 0.1) is 9.50 Å². The molecule has 3 heterocycles. The lowest BCUT2D eigenvalue weighted by molar-refractivity contribution is 0.0956. The number of piperidine rings is 2. The Hall–Kier alpha value is -1.18. The minimum Gasteiger partial charge on any atom is -0.460 e. The molecule has 5 nitrogen and oxygen atoms in total. The molecule has 0 amide bonds. The number of likely N-dealkylation sites (tertiary alicyclic amines) is 1. The van der Waals surface area contributed by atoms with Crippen molar-refractivity contribution in [1.29, 1.82) is 0 Å². The van der Waals surface area contributed by atoms with Crippen LogP contribution in [0.15, 0.2) is 10.5 Å². The average Bonchev–Trinajstić information content (AvgIpc) is 2.84. The number of fused-ring (bicyclic) bond motifs is 1. The van der Waals surface area contributed by atoms with Gasteiger partial charge < -0.3 is 14.5 Å². The van der Waals surface area contributed by atoms with Gasteiger partial charge in [-0.1, -0.05) is 38.3 Å². The van der Waals surface area contributed by atoms with Gasteiger partial charge in [-0.05, 0) is 78.4 Å². The molecule has 3 aliphatic rings. The second kappa shape index (κ2) is 10.1. The van der Waals surface area contributed by atoms with Crippen molar-refractivity contribution in [3.63, 3.8) is 0 Å². The molecular weight excluding hydrogens is 519 g/mol. The molecule has 1 unspecified atom stereocenters. The molecule has 186 valence electrons. The van der Waals surface area contributed by atoms with Gasteiger partial charge >= 0.3 is 6.01 Å². The number of benzene rings is 1. The molecule has 5 rings (SSSR count). The van der Waals surface area contributed by atoms with Crippen LogP contribution in [0.5, 0.6) is 6.01 Å². The fourth-order valence-corrected chi connectivity index (χ4v) is 6.83. The minimum absolute atomic E-state index is 0.0558. The molecule has 1 atom stereocenters. The van der Waals surface area contributed by atoms with Crippen LogP contribution in [0.1, 0.15) is 65.2 Å². The first kappa shape index (κ1) is 24.5. The first-order valence-corrected chi connectivity index (χ1v) is 14.0. The zero-order valence-electron chi connectivity index (χ0n) is 20.3. The SMILES string of the molecule is CCN1CCC(Oc2nc(N3CCC4(CCCC(C)C4)CC3)c3cc(Cl)c(Br)c(F)c3n2)CC1. The van der Waals surface area contributed by atoms with E-state index in [9.17, 15) is 0 Å². The fourth-order valence-electron chi connectivity index (χ4n) is 6.34. The molecule has 2 aliphatic heterocycles. The van der Waals surface area contributed by atoms with Gasteiger partial charge in [-0.15, -0.1) is 0 Å². The smallest absolute Gasteiger partial charge is 0.319 e. The molecular formula is C26H35BrClFN4O. The van der Waals surface area contributed by atoms with E-state index in [2.05, 4.69) is 44.6 Å². The molecule has 1 aliphatic carbocycles. The van der Waals surface area contributed by atoms with Crippen LogP contribution in [-0.4, -0.2) is 53.7 Å². The van der Waals surface area contributed by atoms with E-state index in [-0.39, 0.29) is 22.1 Å². The highest BCUT2D eigenvalue weighted by Crippen LogP contribution is 2.47. The minimum atomic E-state index is -0.452. The van der Waals surface area contributed by atoms with Crippen LogP contribution in [0, 0.1) is 17.2 Å². The number of rotatable bonds is 4. The number of aromatic nitrogens is 2. The monoisotopic (exact) mass is 552 g/mol. The molecule has 2 saturated heterocycles. The molecule has 0 radical (unpaired) electrons. The van der Waals surface area contributed by atoms with Gasteiger partial charge in [-0.2, -0.15) is 9.97 Å². The number of nitrogens with zero attached hydrogens (tertiary/aromatic N) is 4. The summed E-state index contributed by atoms with van der Waals surface area (Å²) in [5.74, 6) is 1.11. The fraction of sp³-hybridized carbons (Fsp3) is 0.692. The predicted molar refractivity (Wildman–Crippen MR) is 139 cm³/mol. The van der Waals surface area contributed by atoms with Gasteiger partial charge in [0.15, 0.2) is 5.82 Å². The average molecular weight is 554 g/mol. The molecule has 34 heavy (non-hydrogen) atoms. The Morgan fingerprint density at radius 1 is 1.15 bits per heavy atom. The lowest BCUT2D eigenvalue weighted by Gasteiger charge is -2.46. The van der Waals surface area contributed by atoms with E-state index in [1.165, 1.54) is 25.7 Å². The van der Waals surface area contributed by atoms with Crippen molar-refractivity contribution in [1.82, 2.24) is 14.9 Å². The molecule has 2 aromatic rings. The van der Waals surface area contributed by atoms with Crippen molar-refractivity contribution >= 4 is 44.3 Å². The second-order valence-corrected chi connectivity index (χ2v) is 11.9. The van der Waals surface area contributed by atoms with Gasteiger partial charge in [0, 0.05) is 31.6 Å². The Balaban J connectivity index is 1.44. The lowest BCUT2D eigenvalue weighted by atomic mass is 9.65. The van der Waals surface area contributed by atoms with Crippen LogP contribution >= 0.6 is 27.5 Å². The number of anilines is 1. The Morgan fingerprint density at radius 3 is 2.56 bits per heavy atom. The van der Waals surface area contributed by atoms with Crippen LogP contribution in [0.2, 0.25) is 5.02 Å². The predicted octanol–water partition coefficient (Wildman–Crippen LogP) is 6.84. The third kappa shape index (κ3) is 4.90. The van der Waals surface area contributed by atoms with Crippen LogP contribution < -0.4 is 9.64 Å². The van der Waals surface area contributed by atoms with Gasteiger partial charge in [-0.3, -0.25) is 0 Å². The van der Waals surface area contributed by atoms with E-state index in [0.29, 0.717) is 15.8 Å². The highest BCUT2D eigenvalue weighted by Gasteiger charge is 2.38. The highest BCUT2D eigenvalue weighted by atomic mass is 79.9. The third-order valence-electron chi connectivity index (χ3n) is 8.35. The summed E-state index contributed by atoms with van der Waals surface area (Å²) < 4.78 is 21.8. The van der Waals surface area contributed by atoms with E-state index in [4.69, 9.17) is 21.3 Å². The Morgan fingerprint density at radius 2 is 1.88 bits per heavy atom. The molecule has 1 spiro atoms. The van der Waals surface area contributed by atoms with Gasteiger partial charge in [0.2, 0.25) is 0 Å². The highest BCUT2D eigenvalue weighted by molar-refractivity contribution is 9.10. The Kier molecular flexibility index (Phi) is 7.25. The molecule has 0 N–H and O–H groups in total. The van der Waals surface area contributed by atoms with E-state index in [1.807, 2.05) is 0 Å². The number of hydrogen-bond acceptors (Lipinski definition) is 5. The lowest BCUT2D eigenvalue weighted by Crippen LogP contribution is -2.42. The van der Waals surface area contributed by atoms with Crippen LogP contribution in [0.4, 0.5) is 10.2 Å². The Labute approximate surface area is 215 Å². The van der Waals surface area contributed by atoms with E-state index < -0.39 is 5.82 Å². The van der Waals surface area contributed by atoms with E-state index >= 15 is 4.39 Å². The topological polar surface area (TPSA) is 41.5 Å². The van der Waals surface area contributed by atoms with Crippen molar-refractivity contribution < 1.29 is 9.13 Å². The molecule has 8 heteroatoms. The van der Waals surface area contributed by atoms with Crippen molar-refractivity contribution in [3.8, 4) is 6.01 Å². The number of ether oxygens (including phenoxy) is 1. The van der Waals surface area contributed by atoms with Gasteiger partial charge in [0.25, 0.3) is 0 Å². The number of hydrogen-bond donors (Lipinski definition) is 0. The quantitative estimate of drug-likeness (QED) is 0.388. The van der Waals surface area contributed by atoms with E-state index in [1.54, 1.807) is 6.07 Å². The zero-order chi connectivity index (χ0) is 23.9. The number of halogens is 3. The summed E-state index contributed by atoms with van der Waals surface area (Å²) in [6.45, 7) is 9.47. The molecule has 3 fully saturated rings. The maximum atomic E-state index is 15.3. The molecule has 0 bridgehead atoms. The second-order valence-electron chi connectivity index (χ2n) is 10.7. The van der Waals surface area contributed by atoms with Crippen LogP contribution in [-0.2, 0) is 0 Å². The molecule has 1 aromatic carbocycles. The summed E-state index contributed by atoms with van der Waals surface area (Å²) in [4.78, 5) is 14.1. The standard InChI is InChI=1S/C26H35BrClFN4O/c1-3-32-11-6-18(7-12-32)34-25-30-23-19(15-20(28)21(27)22(23)29)24(31-25)33-13-9-26(10-14-33)8-4-5-17(2)16-26/h15,17-18H,3-14,16H2,1-2H3. The van der Waals surface area contributed by atoms with Crippen LogP contribution in [0.3, 0.4) is 0 Å². The molecule has 1 aromatic heterocycles. The Bertz CT molecular complexity index is 1040. The van der Waals surface area contributed by atoms with Crippen molar-refractivity contribution in [2.24, 2.45) is 11.3 Å². The summed E-state index contributed by atoms with van der Waals surface area (Å²) in [5, 5.41) is 0.997. The first-order chi connectivity index (χ1) is 16.4. The maximum Gasteiger partial charge on any atom is 0.319 e. The van der Waals surface area contributed by atoms with Gasteiger partial charge in [0.1, 0.15) is 17.4 Å². The summed E-state index contributed by atoms with van der Waals surface area (Å²) >= 11 is 9.65. The van der Waals surface area contributed by atoms with Gasteiger partial charge in [-0.25, -0.2) is 4.39 Å². The maximum absolute atomic E-state index is 15.3. The summed E-state index contributed by atoms with van der Waals surface area (Å²) in [6.07, 6.45) is 9.57. The molecule has 1 saturated carbocycles. The van der Waals surface area contributed by atoms with Crippen LogP contribution in [0.25, 0.3) is 10.9 Å². The first-order valence-electron chi connectivity index (χ1n) is 12.9. The van der Waals surface area contributed by atoms with E-state index in [0.717, 1.165) is 70.1 Å². The largest absolute Gasteiger partial charge is 0.460 e. The van der Waals surface area contributed by atoms with Crippen molar-refractivity contribution in [2.45, 2.75) is 71.3 Å². The normalized spacial score (nSPS) is 24.1. The van der Waals surface area contributed by atoms with Crippen molar-refractivity contribution in [3.05, 3.63) is 21.4 Å². The zero-order valence-corrected chi connectivity index (χ0v) is 22.6. The summed E-state index contributed by atoms with van der Waals surface area (Å²) in [6, 6.07) is 2.06. The summed E-state index contributed by atoms with van der Waals surface area (Å²) in [7, 11) is 0.